The molecule has 122 valence electrons. The lowest BCUT2D eigenvalue weighted by Gasteiger charge is -2.27. The van der Waals surface area contributed by atoms with E-state index in [1.165, 1.54) is 0 Å². The van der Waals surface area contributed by atoms with E-state index in [0.717, 1.165) is 25.7 Å². The summed E-state index contributed by atoms with van der Waals surface area (Å²) in [5.74, 6) is 0.943. The molecule has 1 aromatic rings. The molecule has 1 aliphatic carbocycles. The van der Waals surface area contributed by atoms with Gasteiger partial charge >= 0.3 is 0 Å². The van der Waals surface area contributed by atoms with E-state index in [4.69, 9.17) is 33.0 Å². The van der Waals surface area contributed by atoms with Gasteiger partial charge in [0.1, 0.15) is 5.75 Å². The first kappa shape index (κ1) is 17.4. The fourth-order valence-corrected chi connectivity index (χ4v) is 3.17. The van der Waals surface area contributed by atoms with E-state index in [1.54, 1.807) is 18.2 Å². The van der Waals surface area contributed by atoms with Gasteiger partial charge in [0.25, 0.3) is 0 Å². The standard InChI is InChI=1S/C16H21Cl2NO3/c17-12-7-13(18)9-15(8-12)22-6-5-16(21)19-14-3-1-11(10-20)2-4-14/h7-9,11,14,20H,1-6,10H2,(H,19,21). The number of carbonyl (C=O) groups excluding carboxylic acids is 1. The van der Waals surface area contributed by atoms with Gasteiger partial charge in [-0.1, -0.05) is 23.2 Å². The van der Waals surface area contributed by atoms with Crippen molar-refractivity contribution in [2.24, 2.45) is 5.92 Å². The Morgan fingerprint density at radius 3 is 2.41 bits per heavy atom. The molecular weight excluding hydrogens is 325 g/mol. The third-order valence-electron chi connectivity index (χ3n) is 3.90. The molecule has 0 radical (unpaired) electrons. The van der Waals surface area contributed by atoms with Gasteiger partial charge in [0.15, 0.2) is 0 Å². The number of hydrogen-bond acceptors (Lipinski definition) is 3. The Bertz CT molecular complexity index is 482. The quantitative estimate of drug-likeness (QED) is 0.830. The second-order valence-corrected chi connectivity index (χ2v) is 6.54. The Morgan fingerprint density at radius 1 is 1.18 bits per heavy atom. The van der Waals surface area contributed by atoms with Crippen LogP contribution in [0.5, 0.6) is 5.75 Å². The zero-order chi connectivity index (χ0) is 15.9. The topological polar surface area (TPSA) is 58.6 Å². The van der Waals surface area contributed by atoms with E-state index in [-0.39, 0.29) is 25.2 Å². The highest BCUT2D eigenvalue weighted by atomic mass is 35.5. The summed E-state index contributed by atoms with van der Waals surface area (Å²) in [6.07, 6.45) is 4.10. The van der Waals surface area contributed by atoms with E-state index < -0.39 is 0 Å². The van der Waals surface area contributed by atoms with Crippen LogP contribution in [0.4, 0.5) is 0 Å². The maximum absolute atomic E-state index is 11.9. The summed E-state index contributed by atoms with van der Waals surface area (Å²) in [7, 11) is 0. The molecule has 1 aromatic carbocycles. The number of amides is 1. The minimum Gasteiger partial charge on any atom is -0.493 e. The maximum atomic E-state index is 11.9. The van der Waals surface area contributed by atoms with Crippen molar-refractivity contribution < 1.29 is 14.6 Å². The van der Waals surface area contributed by atoms with E-state index in [0.29, 0.717) is 28.1 Å². The highest BCUT2D eigenvalue weighted by Crippen LogP contribution is 2.25. The first-order valence-corrected chi connectivity index (χ1v) is 8.31. The van der Waals surface area contributed by atoms with Crippen molar-refractivity contribution in [3.05, 3.63) is 28.2 Å². The van der Waals surface area contributed by atoms with Gasteiger partial charge in [-0.05, 0) is 49.8 Å². The summed E-state index contributed by atoms with van der Waals surface area (Å²) >= 11 is 11.8. The summed E-state index contributed by atoms with van der Waals surface area (Å²) < 4.78 is 5.50. The van der Waals surface area contributed by atoms with Crippen LogP contribution in [0.2, 0.25) is 10.0 Å². The predicted octanol–water partition coefficient (Wildman–Crippen LogP) is 3.43. The third kappa shape index (κ3) is 5.67. The fraction of sp³-hybridized carbons (Fsp3) is 0.562. The molecule has 1 fully saturated rings. The molecule has 0 atom stereocenters. The van der Waals surface area contributed by atoms with Gasteiger partial charge in [-0.25, -0.2) is 0 Å². The van der Waals surface area contributed by atoms with Crippen LogP contribution in [0, 0.1) is 5.92 Å². The summed E-state index contributed by atoms with van der Waals surface area (Å²) in [5, 5.41) is 13.1. The van der Waals surface area contributed by atoms with Gasteiger partial charge in [-0.3, -0.25) is 4.79 Å². The highest BCUT2D eigenvalue weighted by Gasteiger charge is 2.21. The molecule has 1 aliphatic rings. The van der Waals surface area contributed by atoms with Crippen molar-refractivity contribution in [3.63, 3.8) is 0 Å². The largest absolute Gasteiger partial charge is 0.493 e. The van der Waals surface area contributed by atoms with Crippen molar-refractivity contribution in [3.8, 4) is 5.75 Å². The van der Waals surface area contributed by atoms with Crippen molar-refractivity contribution >= 4 is 29.1 Å². The Hall–Kier alpha value is -0.970. The molecule has 22 heavy (non-hydrogen) atoms. The lowest BCUT2D eigenvalue weighted by atomic mass is 9.86. The maximum Gasteiger partial charge on any atom is 0.223 e. The number of aliphatic hydroxyl groups excluding tert-OH is 1. The Morgan fingerprint density at radius 2 is 1.82 bits per heavy atom. The van der Waals surface area contributed by atoms with Gasteiger partial charge in [0.05, 0.1) is 13.0 Å². The van der Waals surface area contributed by atoms with Gasteiger partial charge in [-0.15, -0.1) is 0 Å². The first-order valence-electron chi connectivity index (χ1n) is 7.56. The zero-order valence-corrected chi connectivity index (χ0v) is 13.9. The molecule has 4 nitrogen and oxygen atoms in total. The second kappa shape index (κ2) is 8.61. The normalized spacial score (nSPS) is 21.4. The number of halogens is 2. The molecule has 1 saturated carbocycles. The van der Waals surface area contributed by atoms with Crippen LogP contribution in [-0.2, 0) is 4.79 Å². The second-order valence-electron chi connectivity index (χ2n) is 5.67. The minimum atomic E-state index is -0.0134. The molecule has 0 saturated heterocycles. The van der Waals surface area contributed by atoms with E-state index in [9.17, 15) is 4.79 Å². The number of rotatable bonds is 6. The lowest BCUT2D eigenvalue weighted by molar-refractivity contribution is -0.122. The molecule has 1 amide bonds. The number of hydrogen-bond donors (Lipinski definition) is 2. The Labute approximate surface area is 140 Å². The van der Waals surface area contributed by atoms with Crippen molar-refractivity contribution in [2.75, 3.05) is 13.2 Å². The number of aliphatic hydroxyl groups is 1. The summed E-state index contributed by atoms with van der Waals surface area (Å²) in [4.78, 5) is 11.9. The average molecular weight is 346 g/mol. The summed E-state index contributed by atoms with van der Waals surface area (Å²) in [6, 6.07) is 5.19. The minimum absolute atomic E-state index is 0.0134. The van der Waals surface area contributed by atoms with Crippen molar-refractivity contribution in [1.29, 1.82) is 0 Å². The van der Waals surface area contributed by atoms with Crippen molar-refractivity contribution in [1.82, 2.24) is 5.32 Å². The molecule has 6 heteroatoms. The zero-order valence-electron chi connectivity index (χ0n) is 12.4. The molecule has 2 N–H and O–H groups in total. The number of carbonyl (C=O) groups is 1. The number of ether oxygens (including phenoxy) is 1. The third-order valence-corrected chi connectivity index (χ3v) is 4.34. The molecule has 0 heterocycles. The highest BCUT2D eigenvalue weighted by molar-refractivity contribution is 6.34. The van der Waals surface area contributed by atoms with Crippen LogP contribution in [-0.4, -0.2) is 30.3 Å². The van der Waals surface area contributed by atoms with Crippen LogP contribution in [0.25, 0.3) is 0 Å². The predicted molar refractivity (Wildman–Crippen MR) is 87.5 cm³/mol. The summed E-state index contributed by atoms with van der Waals surface area (Å²) in [6.45, 7) is 0.533. The van der Waals surface area contributed by atoms with Gasteiger partial charge < -0.3 is 15.2 Å². The van der Waals surface area contributed by atoms with Crippen LogP contribution in [0.1, 0.15) is 32.1 Å². The van der Waals surface area contributed by atoms with Crippen LogP contribution in [0.3, 0.4) is 0 Å². The molecular formula is C16H21Cl2NO3. The molecule has 0 bridgehead atoms. The summed E-state index contributed by atoms with van der Waals surface area (Å²) in [5.41, 5.74) is 0. The Kier molecular flexibility index (Phi) is 6.80. The van der Waals surface area contributed by atoms with Crippen LogP contribution >= 0.6 is 23.2 Å². The smallest absolute Gasteiger partial charge is 0.223 e. The van der Waals surface area contributed by atoms with Gasteiger partial charge in [0, 0.05) is 22.7 Å². The van der Waals surface area contributed by atoms with Crippen LogP contribution < -0.4 is 10.1 Å². The van der Waals surface area contributed by atoms with E-state index >= 15 is 0 Å². The lowest BCUT2D eigenvalue weighted by Crippen LogP contribution is -2.38. The SMILES string of the molecule is O=C(CCOc1cc(Cl)cc(Cl)c1)NC1CCC(CO)CC1. The van der Waals surface area contributed by atoms with Crippen molar-refractivity contribution in [2.45, 2.75) is 38.1 Å². The number of benzene rings is 1. The molecule has 0 spiro atoms. The fourth-order valence-electron chi connectivity index (χ4n) is 2.66. The van der Waals surface area contributed by atoms with Gasteiger partial charge in [0.2, 0.25) is 5.91 Å². The van der Waals surface area contributed by atoms with E-state index in [2.05, 4.69) is 5.32 Å². The molecule has 0 aliphatic heterocycles. The van der Waals surface area contributed by atoms with E-state index in [1.807, 2.05) is 0 Å². The molecule has 2 rings (SSSR count). The number of nitrogens with one attached hydrogen (secondary N) is 1. The Balaban J connectivity index is 1.67. The van der Waals surface area contributed by atoms with Gasteiger partial charge in [-0.2, -0.15) is 0 Å². The molecule has 0 unspecified atom stereocenters. The first-order chi connectivity index (χ1) is 10.6. The van der Waals surface area contributed by atoms with Crippen LogP contribution in [0.15, 0.2) is 18.2 Å². The monoisotopic (exact) mass is 345 g/mol. The molecule has 0 aromatic heterocycles. The average Bonchev–Trinajstić information content (AvgIpc) is 2.47.